The van der Waals surface area contributed by atoms with Gasteiger partial charge in [0.15, 0.2) is 5.82 Å². The lowest BCUT2D eigenvalue weighted by Gasteiger charge is -2.48. The molecule has 1 N–H and O–H groups in total. The van der Waals surface area contributed by atoms with Crippen molar-refractivity contribution in [3.8, 4) is 16.9 Å². The quantitative estimate of drug-likeness (QED) is 0.314. The second-order valence-corrected chi connectivity index (χ2v) is 11.7. The zero-order valence-corrected chi connectivity index (χ0v) is 23.8. The second kappa shape index (κ2) is 10.9. The number of nitrogens with zero attached hydrogens (tertiary/aromatic N) is 6. The van der Waals surface area contributed by atoms with Crippen LogP contribution in [-0.2, 0) is 9.47 Å². The molecule has 2 bridgehead atoms. The van der Waals surface area contributed by atoms with E-state index in [0.717, 1.165) is 22.3 Å². The molecule has 1 amide bonds. The monoisotopic (exact) mass is 581 g/mol. The smallest absolute Gasteiger partial charge is 0.410 e. The van der Waals surface area contributed by atoms with Crippen LogP contribution in [0.4, 0.5) is 25.1 Å². The van der Waals surface area contributed by atoms with Gasteiger partial charge in [-0.1, -0.05) is 0 Å². The van der Waals surface area contributed by atoms with Gasteiger partial charge in [0, 0.05) is 36.4 Å². The Morgan fingerprint density at radius 3 is 2.60 bits per heavy atom. The fourth-order valence-corrected chi connectivity index (χ4v) is 5.50. The number of aryl methyl sites for hydroxylation is 1. The normalized spacial score (nSPS) is 20.6. The fourth-order valence-electron chi connectivity index (χ4n) is 5.50. The van der Waals surface area contributed by atoms with Crippen LogP contribution in [0, 0.1) is 6.92 Å². The molecule has 222 valence electrons. The number of aromatic nitrogens is 5. The first-order valence-corrected chi connectivity index (χ1v) is 13.8. The number of halogens is 2. The molecule has 0 saturated carbocycles. The van der Waals surface area contributed by atoms with Crippen LogP contribution >= 0.6 is 0 Å². The number of fused-ring (bicyclic) bond motifs is 3. The number of morpholine rings is 1. The predicted molar refractivity (Wildman–Crippen MR) is 150 cm³/mol. The van der Waals surface area contributed by atoms with Crippen LogP contribution in [0.3, 0.4) is 0 Å². The molecule has 11 nitrogen and oxygen atoms in total. The third kappa shape index (κ3) is 5.87. The van der Waals surface area contributed by atoms with Crippen molar-refractivity contribution < 1.29 is 27.8 Å². The van der Waals surface area contributed by atoms with Gasteiger partial charge in [0.2, 0.25) is 0 Å². The summed E-state index contributed by atoms with van der Waals surface area (Å²) < 4.78 is 46.1. The Hall–Kier alpha value is -4.26. The molecule has 4 aromatic rings. The van der Waals surface area contributed by atoms with Gasteiger partial charge in [-0.2, -0.15) is 19.0 Å². The minimum Gasteiger partial charge on any atom is -0.488 e. The molecule has 0 aromatic carbocycles. The minimum absolute atomic E-state index is 0.130. The number of piperidine rings is 1. The summed E-state index contributed by atoms with van der Waals surface area (Å²) in [6, 6.07) is 7.45. The van der Waals surface area contributed by atoms with Crippen LogP contribution in [0.15, 0.2) is 49.1 Å². The lowest BCUT2D eigenvalue weighted by Crippen LogP contribution is -2.61. The van der Waals surface area contributed by atoms with Crippen molar-refractivity contribution in [3.63, 3.8) is 0 Å². The van der Waals surface area contributed by atoms with Gasteiger partial charge in [0.05, 0.1) is 55.1 Å². The molecule has 2 fully saturated rings. The molecule has 3 atom stereocenters. The van der Waals surface area contributed by atoms with Crippen molar-refractivity contribution in [3.05, 3.63) is 54.7 Å². The number of carbonyl (C=O) groups excluding carboxylic acids is 1. The number of rotatable bonds is 6. The summed E-state index contributed by atoms with van der Waals surface area (Å²) in [4.78, 5) is 19.3. The molecular formula is C29H33F2N7O4. The van der Waals surface area contributed by atoms with Crippen molar-refractivity contribution in [1.82, 2.24) is 29.3 Å². The summed E-state index contributed by atoms with van der Waals surface area (Å²) in [5, 5.41) is 11.2. The highest BCUT2D eigenvalue weighted by Crippen LogP contribution is 2.36. The Bertz CT molecular complexity index is 1580. The topological polar surface area (TPSA) is 108 Å². The Kier molecular flexibility index (Phi) is 7.21. The number of anilines is 2. The first-order valence-electron chi connectivity index (χ1n) is 13.8. The summed E-state index contributed by atoms with van der Waals surface area (Å²) in [6.45, 7) is 5.68. The van der Waals surface area contributed by atoms with Crippen LogP contribution in [-0.4, -0.2) is 72.4 Å². The number of alkyl halides is 2. The highest BCUT2D eigenvalue weighted by molar-refractivity contribution is 5.75. The van der Waals surface area contributed by atoms with E-state index in [0.29, 0.717) is 48.0 Å². The van der Waals surface area contributed by atoms with Gasteiger partial charge in [-0.3, -0.25) is 9.88 Å². The van der Waals surface area contributed by atoms with E-state index >= 15 is 0 Å². The van der Waals surface area contributed by atoms with Gasteiger partial charge >= 0.3 is 12.6 Å². The number of ether oxygens (including phenoxy) is 3. The number of hydrogen-bond donors (Lipinski definition) is 1. The van der Waals surface area contributed by atoms with Gasteiger partial charge < -0.3 is 19.5 Å². The highest BCUT2D eigenvalue weighted by Gasteiger charge is 2.44. The van der Waals surface area contributed by atoms with E-state index in [-0.39, 0.29) is 24.3 Å². The number of carbonyl (C=O) groups is 1. The first-order chi connectivity index (χ1) is 20.0. The highest BCUT2D eigenvalue weighted by atomic mass is 19.3. The molecule has 2 aliphatic rings. The van der Waals surface area contributed by atoms with E-state index in [1.807, 2.05) is 63.1 Å². The Morgan fingerprint density at radius 2 is 1.90 bits per heavy atom. The summed E-state index contributed by atoms with van der Waals surface area (Å²) in [7, 11) is 0. The number of hydrogen-bond acceptors (Lipinski definition) is 8. The largest absolute Gasteiger partial charge is 0.488 e. The summed E-state index contributed by atoms with van der Waals surface area (Å²) in [5.74, 6) is 1.14. The van der Waals surface area contributed by atoms with Gasteiger partial charge in [0.25, 0.3) is 0 Å². The molecule has 4 aromatic heterocycles. The summed E-state index contributed by atoms with van der Waals surface area (Å²) in [5.41, 5.74) is 3.27. The Labute approximate surface area is 241 Å². The SMILES string of the molecule is Cc1cc(-c2ccn3nc(Nc4cnn(C(F)F)c4)cc3c2)c(OC2C[C@H]3COC[C@@H](C2)N3C(=O)OC(C)(C)C)cn1. The third-order valence-corrected chi connectivity index (χ3v) is 7.23. The maximum absolute atomic E-state index is 13.0. The number of nitrogens with one attached hydrogen (secondary N) is 1. The maximum Gasteiger partial charge on any atom is 0.410 e. The van der Waals surface area contributed by atoms with E-state index in [9.17, 15) is 13.6 Å². The lowest BCUT2D eigenvalue weighted by molar-refractivity contribution is -0.0993. The molecule has 2 saturated heterocycles. The van der Waals surface area contributed by atoms with Gasteiger partial charge in [0.1, 0.15) is 17.5 Å². The minimum atomic E-state index is -2.71. The molecule has 6 rings (SSSR count). The van der Waals surface area contributed by atoms with E-state index < -0.39 is 12.2 Å². The number of amides is 1. The summed E-state index contributed by atoms with van der Waals surface area (Å²) >= 11 is 0. The van der Waals surface area contributed by atoms with Crippen molar-refractivity contribution in [2.45, 2.75) is 70.9 Å². The zero-order chi connectivity index (χ0) is 29.6. The van der Waals surface area contributed by atoms with Crippen LogP contribution in [0.1, 0.15) is 45.9 Å². The Balaban J connectivity index is 1.21. The van der Waals surface area contributed by atoms with Crippen molar-refractivity contribution >= 4 is 23.1 Å². The van der Waals surface area contributed by atoms with Crippen LogP contribution in [0.25, 0.3) is 16.6 Å². The average molecular weight is 582 g/mol. The lowest BCUT2D eigenvalue weighted by atomic mass is 9.92. The molecule has 0 aliphatic carbocycles. The molecule has 13 heteroatoms. The van der Waals surface area contributed by atoms with E-state index in [2.05, 4.69) is 20.5 Å². The molecule has 2 aliphatic heterocycles. The third-order valence-electron chi connectivity index (χ3n) is 7.23. The van der Waals surface area contributed by atoms with Gasteiger partial charge in [-0.25, -0.2) is 14.0 Å². The fraction of sp³-hybridized carbons (Fsp3) is 0.448. The maximum atomic E-state index is 13.0. The van der Waals surface area contributed by atoms with Gasteiger partial charge in [-0.15, -0.1) is 0 Å². The molecule has 0 radical (unpaired) electrons. The first kappa shape index (κ1) is 27.9. The second-order valence-electron chi connectivity index (χ2n) is 11.7. The van der Waals surface area contributed by atoms with Crippen molar-refractivity contribution in [2.75, 3.05) is 18.5 Å². The standard InChI is InChI=1S/C29H33F2N7O4/c1-17-7-24(18-5-6-36-20(8-18)11-26(35-36)34-19-12-33-37(14-19)27(30)31)25(13-32-17)41-23-9-21-15-40-16-22(10-23)38(21)28(39)42-29(2,3)4/h5-8,11-14,21-23,27H,9-10,15-16H2,1-4H3,(H,34,35)/t21-,22+,23?. The Morgan fingerprint density at radius 1 is 1.14 bits per heavy atom. The van der Waals surface area contributed by atoms with E-state index in [1.54, 1.807) is 10.7 Å². The molecule has 0 spiro atoms. The predicted octanol–water partition coefficient (Wildman–Crippen LogP) is 5.59. The van der Waals surface area contributed by atoms with Crippen LogP contribution in [0.5, 0.6) is 5.75 Å². The van der Waals surface area contributed by atoms with Crippen molar-refractivity contribution in [2.24, 2.45) is 0 Å². The van der Waals surface area contributed by atoms with E-state index in [1.165, 1.54) is 12.4 Å². The number of pyridine rings is 2. The molecular weight excluding hydrogens is 548 g/mol. The van der Waals surface area contributed by atoms with Gasteiger partial charge in [-0.05, 0) is 51.5 Å². The average Bonchev–Trinajstić information content (AvgIpc) is 3.54. The van der Waals surface area contributed by atoms with E-state index in [4.69, 9.17) is 14.2 Å². The summed E-state index contributed by atoms with van der Waals surface area (Å²) in [6.07, 6.45) is 6.90. The molecule has 1 unspecified atom stereocenters. The molecule has 42 heavy (non-hydrogen) atoms. The van der Waals surface area contributed by atoms with Crippen LogP contribution in [0.2, 0.25) is 0 Å². The zero-order valence-electron chi connectivity index (χ0n) is 23.8. The van der Waals surface area contributed by atoms with Crippen molar-refractivity contribution in [1.29, 1.82) is 0 Å². The van der Waals surface area contributed by atoms with Crippen LogP contribution < -0.4 is 10.1 Å². The molecule has 6 heterocycles.